The predicted molar refractivity (Wildman–Crippen MR) is 76.9 cm³/mol. The fourth-order valence-corrected chi connectivity index (χ4v) is 2.32. The molecule has 0 saturated heterocycles. The number of benzene rings is 1. The molecule has 0 heterocycles. The van der Waals surface area contributed by atoms with E-state index in [2.05, 4.69) is 12.7 Å². The zero-order chi connectivity index (χ0) is 13.8. The van der Waals surface area contributed by atoms with Gasteiger partial charge in [0, 0.05) is 0 Å². The molecule has 0 bridgehead atoms. The van der Waals surface area contributed by atoms with Crippen LogP contribution in [0.25, 0.3) is 0 Å². The Morgan fingerprint density at radius 2 is 2.00 bits per heavy atom. The van der Waals surface area contributed by atoms with Gasteiger partial charge >= 0.3 is 5.97 Å². The molecule has 2 nitrogen and oxygen atoms in total. The summed E-state index contributed by atoms with van der Waals surface area (Å²) in [5, 5.41) is 0. The number of hydrogen-bond donors (Lipinski definition) is 0. The highest BCUT2D eigenvalue weighted by Crippen LogP contribution is 2.30. The maximum atomic E-state index is 12.1. The molecule has 1 aromatic carbocycles. The first-order valence-electron chi connectivity index (χ1n) is 6.66. The van der Waals surface area contributed by atoms with Crippen molar-refractivity contribution < 1.29 is 9.53 Å². The van der Waals surface area contributed by atoms with Gasteiger partial charge in [0.2, 0.25) is 0 Å². The van der Waals surface area contributed by atoms with Gasteiger partial charge in [-0.1, -0.05) is 36.4 Å². The van der Waals surface area contributed by atoms with Crippen LogP contribution >= 0.6 is 0 Å². The second kappa shape index (κ2) is 5.87. The molecule has 0 spiro atoms. The van der Waals surface area contributed by atoms with Gasteiger partial charge in [0.15, 0.2) is 0 Å². The van der Waals surface area contributed by atoms with Crippen molar-refractivity contribution in [2.75, 3.05) is 0 Å². The van der Waals surface area contributed by atoms with E-state index in [1.54, 1.807) is 12.1 Å². The van der Waals surface area contributed by atoms with Crippen molar-refractivity contribution in [3.8, 4) is 0 Å². The van der Waals surface area contributed by atoms with Crippen molar-refractivity contribution in [3.05, 3.63) is 59.7 Å². The van der Waals surface area contributed by atoms with Crippen LogP contribution in [0.5, 0.6) is 0 Å². The summed E-state index contributed by atoms with van der Waals surface area (Å²) in [5.41, 5.74) is 2.90. The highest BCUT2D eigenvalue weighted by molar-refractivity contribution is 5.89. The van der Waals surface area contributed by atoms with Gasteiger partial charge in [-0.3, -0.25) is 0 Å². The van der Waals surface area contributed by atoms with Crippen LogP contribution in [0.4, 0.5) is 0 Å². The highest BCUT2D eigenvalue weighted by Gasteiger charge is 2.25. The Morgan fingerprint density at radius 3 is 2.63 bits per heavy atom. The van der Waals surface area contributed by atoms with E-state index in [9.17, 15) is 4.79 Å². The molecule has 1 aliphatic rings. The molecular weight excluding hydrogens is 236 g/mol. The molecular formula is C17H20O2. The number of allylic oxidation sites excluding steroid dienone is 2. The number of hydrogen-bond acceptors (Lipinski definition) is 2. The standard InChI is InChI=1S/C17H20O2/c1-12(2)15-10-9-13(3)16(11-15)19-17(18)14-7-5-4-6-8-14/h4-9,15-16H,1,10-11H2,2-3H3/t15-,16-/m1/s1. The maximum absolute atomic E-state index is 12.1. The molecule has 19 heavy (non-hydrogen) atoms. The predicted octanol–water partition coefficient (Wildman–Crippen LogP) is 4.14. The van der Waals surface area contributed by atoms with Crippen LogP contribution < -0.4 is 0 Å². The third kappa shape index (κ3) is 3.34. The minimum atomic E-state index is -0.249. The molecule has 0 saturated carbocycles. The summed E-state index contributed by atoms with van der Waals surface area (Å²) in [6, 6.07) is 9.13. The minimum Gasteiger partial charge on any atom is -0.454 e. The van der Waals surface area contributed by atoms with Crippen LogP contribution in [-0.2, 0) is 4.74 Å². The van der Waals surface area contributed by atoms with Gasteiger partial charge in [-0.15, -0.1) is 0 Å². The molecule has 0 fully saturated rings. The van der Waals surface area contributed by atoms with Crippen molar-refractivity contribution in [2.24, 2.45) is 5.92 Å². The van der Waals surface area contributed by atoms with Gasteiger partial charge in [-0.05, 0) is 50.3 Å². The third-order valence-corrected chi connectivity index (χ3v) is 3.69. The summed E-state index contributed by atoms with van der Waals surface area (Å²) in [7, 11) is 0. The smallest absolute Gasteiger partial charge is 0.338 e. The number of carbonyl (C=O) groups excluding carboxylic acids is 1. The Bertz CT molecular complexity index is 499. The molecule has 1 aromatic rings. The number of esters is 1. The lowest BCUT2D eigenvalue weighted by molar-refractivity contribution is 0.0323. The van der Waals surface area contributed by atoms with E-state index in [1.807, 2.05) is 32.0 Å². The van der Waals surface area contributed by atoms with Crippen LogP contribution in [0.1, 0.15) is 37.0 Å². The third-order valence-electron chi connectivity index (χ3n) is 3.69. The lowest BCUT2D eigenvalue weighted by atomic mass is 9.84. The molecule has 1 aliphatic carbocycles. The average molecular weight is 256 g/mol. The molecule has 2 atom stereocenters. The first-order chi connectivity index (χ1) is 9.08. The van der Waals surface area contributed by atoms with Crippen molar-refractivity contribution in [2.45, 2.75) is 32.8 Å². The van der Waals surface area contributed by atoms with E-state index in [0.29, 0.717) is 11.5 Å². The normalized spacial score (nSPS) is 22.5. The quantitative estimate of drug-likeness (QED) is 0.600. The monoisotopic (exact) mass is 256 g/mol. The van der Waals surface area contributed by atoms with E-state index >= 15 is 0 Å². The molecule has 0 aromatic heterocycles. The first kappa shape index (κ1) is 13.6. The van der Waals surface area contributed by atoms with Crippen molar-refractivity contribution >= 4 is 5.97 Å². The fraction of sp³-hybridized carbons (Fsp3) is 0.353. The Hall–Kier alpha value is -1.83. The number of ether oxygens (including phenoxy) is 1. The summed E-state index contributed by atoms with van der Waals surface area (Å²) in [6.45, 7) is 8.07. The Kier molecular flexibility index (Phi) is 4.20. The van der Waals surface area contributed by atoms with Crippen LogP contribution in [0, 0.1) is 5.92 Å². The van der Waals surface area contributed by atoms with Gasteiger partial charge in [0.25, 0.3) is 0 Å². The van der Waals surface area contributed by atoms with Crippen LogP contribution in [0.3, 0.4) is 0 Å². The zero-order valence-corrected chi connectivity index (χ0v) is 11.6. The molecule has 2 heteroatoms. The highest BCUT2D eigenvalue weighted by atomic mass is 16.5. The summed E-state index contributed by atoms with van der Waals surface area (Å²) >= 11 is 0. The zero-order valence-electron chi connectivity index (χ0n) is 11.6. The molecule has 2 rings (SSSR count). The van der Waals surface area contributed by atoms with E-state index in [0.717, 1.165) is 24.0 Å². The lowest BCUT2D eigenvalue weighted by Gasteiger charge is -2.28. The van der Waals surface area contributed by atoms with Crippen molar-refractivity contribution in [3.63, 3.8) is 0 Å². The van der Waals surface area contributed by atoms with Crippen molar-refractivity contribution in [1.82, 2.24) is 0 Å². The topological polar surface area (TPSA) is 26.3 Å². The van der Waals surface area contributed by atoms with E-state index in [1.165, 1.54) is 0 Å². The lowest BCUT2D eigenvalue weighted by Crippen LogP contribution is -2.26. The van der Waals surface area contributed by atoms with Crippen LogP contribution in [-0.4, -0.2) is 12.1 Å². The number of carbonyl (C=O) groups is 1. The Balaban J connectivity index is 2.06. The molecule has 0 radical (unpaired) electrons. The fourth-order valence-electron chi connectivity index (χ4n) is 2.32. The summed E-state index contributed by atoms with van der Waals surface area (Å²) < 4.78 is 5.62. The van der Waals surface area contributed by atoms with E-state index < -0.39 is 0 Å². The molecule has 0 amide bonds. The molecule has 0 aliphatic heterocycles. The first-order valence-corrected chi connectivity index (χ1v) is 6.66. The average Bonchev–Trinajstić information content (AvgIpc) is 2.42. The van der Waals surface area contributed by atoms with Crippen LogP contribution in [0.15, 0.2) is 54.1 Å². The largest absolute Gasteiger partial charge is 0.454 e. The summed E-state index contributed by atoms with van der Waals surface area (Å²) in [5.74, 6) is 0.165. The van der Waals surface area contributed by atoms with Gasteiger partial charge < -0.3 is 4.74 Å². The van der Waals surface area contributed by atoms with Gasteiger partial charge in [-0.2, -0.15) is 0 Å². The molecule has 0 unspecified atom stereocenters. The van der Waals surface area contributed by atoms with E-state index in [-0.39, 0.29) is 12.1 Å². The molecule has 100 valence electrons. The summed E-state index contributed by atoms with van der Waals surface area (Å²) in [4.78, 5) is 12.1. The maximum Gasteiger partial charge on any atom is 0.338 e. The number of rotatable bonds is 3. The SMILES string of the molecule is C=C(C)[C@@H]1CC=C(C)[C@H](OC(=O)c2ccccc2)C1. The second-order valence-corrected chi connectivity index (χ2v) is 5.22. The minimum absolute atomic E-state index is 0.122. The summed E-state index contributed by atoms with van der Waals surface area (Å²) in [6.07, 6.45) is 3.88. The Morgan fingerprint density at radius 1 is 1.32 bits per heavy atom. The Labute approximate surface area is 114 Å². The van der Waals surface area contributed by atoms with Gasteiger partial charge in [0.05, 0.1) is 5.56 Å². The molecule has 0 N–H and O–H groups in total. The van der Waals surface area contributed by atoms with Crippen molar-refractivity contribution in [1.29, 1.82) is 0 Å². The van der Waals surface area contributed by atoms with E-state index in [4.69, 9.17) is 4.74 Å². The van der Waals surface area contributed by atoms with Crippen LogP contribution in [0.2, 0.25) is 0 Å². The second-order valence-electron chi connectivity index (χ2n) is 5.22. The van der Waals surface area contributed by atoms with Gasteiger partial charge in [-0.25, -0.2) is 4.79 Å². The van der Waals surface area contributed by atoms with Gasteiger partial charge in [0.1, 0.15) is 6.10 Å².